The minimum atomic E-state index is 0.904. The zero-order chi connectivity index (χ0) is 70.7. The van der Waals surface area contributed by atoms with Crippen LogP contribution in [0.1, 0.15) is 100 Å². The van der Waals surface area contributed by atoms with Gasteiger partial charge in [0.2, 0.25) is 0 Å². The van der Waals surface area contributed by atoms with Crippen molar-refractivity contribution >= 4 is 173 Å². The quantitative estimate of drug-likeness (QED) is 0.139. The minimum absolute atomic E-state index is 0.904. The molecule has 12 aromatic carbocycles. The van der Waals surface area contributed by atoms with Crippen molar-refractivity contribution in [2.75, 3.05) is 0 Å². The van der Waals surface area contributed by atoms with Crippen LogP contribution in [0.2, 0.25) is 0 Å². The average Bonchev–Trinajstić information content (AvgIpc) is 0.752. The molecule has 0 N–H and O–H groups in total. The number of fused-ring (bicyclic) bond motifs is 28. The van der Waals surface area contributed by atoms with Gasteiger partial charge < -0.3 is 0 Å². The zero-order valence-corrected chi connectivity index (χ0v) is 60.3. The summed E-state index contributed by atoms with van der Waals surface area (Å²) in [5.41, 5.74) is 18.5. The summed E-state index contributed by atoms with van der Waals surface area (Å²) in [5.74, 6) is 0. The van der Waals surface area contributed by atoms with Crippen LogP contribution in [0.3, 0.4) is 0 Å². The number of hydrogen-bond acceptors (Lipinski definition) is 8. The van der Waals surface area contributed by atoms with Gasteiger partial charge in [0.25, 0.3) is 0 Å². The van der Waals surface area contributed by atoms with Gasteiger partial charge in [-0.25, -0.2) is 0 Å². The molecule has 8 heteroatoms. The molecule has 0 unspecified atom stereocenters. The number of nitrogens with zero attached hydrogens (tertiary/aromatic N) is 8. The lowest BCUT2D eigenvalue weighted by atomic mass is 9.93. The second kappa shape index (κ2) is 27.4. The first-order valence-electron chi connectivity index (χ1n) is 37.3. The number of benzene rings is 12. The highest BCUT2D eigenvalue weighted by molar-refractivity contribution is 6.30. The highest BCUT2D eigenvalue weighted by Gasteiger charge is 2.19. The summed E-state index contributed by atoms with van der Waals surface area (Å²) >= 11 is 0. The smallest absolute Gasteiger partial charge is 0.0786 e. The van der Waals surface area contributed by atoms with E-state index in [0.29, 0.717) is 0 Å². The third kappa shape index (κ3) is 11.2. The molecule has 0 aliphatic carbocycles. The Morgan fingerprint density at radius 3 is 1.09 bits per heavy atom. The molecule has 0 saturated carbocycles. The SMILES string of the molecule is CCc1ccc2c(c1)nc(CC)c1ccc3ccc4cccnc4c3c12.CCc1ccc2c(c1)nc(CC)c1ccc3ccc4ncccc4c3c12.CCc1ccc2c(c1)nc(CC)c1ccc3ncc4ccccc4c3c12.CCc1ccc2c(c1)nc(CC)c1cnc3ccc4ccccc4c3c12. The normalized spacial score (nSPS) is 11.8. The van der Waals surface area contributed by atoms with Crippen LogP contribution in [0.5, 0.6) is 0 Å². The van der Waals surface area contributed by atoms with Gasteiger partial charge in [-0.3, -0.25) is 39.9 Å². The van der Waals surface area contributed by atoms with Gasteiger partial charge in [-0.15, -0.1) is 0 Å². The lowest BCUT2D eigenvalue weighted by Gasteiger charge is -2.13. The van der Waals surface area contributed by atoms with Crippen molar-refractivity contribution in [2.24, 2.45) is 0 Å². The number of aryl methyl sites for hydroxylation is 8. The van der Waals surface area contributed by atoms with Gasteiger partial charge in [0, 0.05) is 139 Å². The van der Waals surface area contributed by atoms with Crippen molar-refractivity contribution in [2.45, 2.75) is 107 Å². The fourth-order valence-electron chi connectivity index (χ4n) is 16.2. The Kier molecular flexibility index (Phi) is 17.2. The predicted octanol–water partition coefficient (Wildman–Crippen LogP) is 24.9. The highest BCUT2D eigenvalue weighted by Crippen LogP contribution is 2.42. The molecule has 0 amide bonds. The molecule has 0 radical (unpaired) electrons. The lowest BCUT2D eigenvalue weighted by molar-refractivity contribution is 1.07. The Balaban J connectivity index is 0.000000103. The second-order valence-electron chi connectivity index (χ2n) is 27.4. The van der Waals surface area contributed by atoms with Crippen LogP contribution in [0.15, 0.2) is 243 Å². The van der Waals surface area contributed by atoms with Gasteiger partial charge in [0.05, 0.1) is 49.8 Å². The fourth-order valence-corrected chi connectivity index (χ4v) is 16.2. The maximum atomic E-state index is 5.00. The third-order valence-electron chi connectivity index (χ3n) is 21.6. The largest absolute Gasteiger partial charge is 0.256 e. The van der Waals surface area contributed by atoms with Gasteiger partial charge in [0.1, 0.15) is 0 Å². The molecule has 20 rings (SSSR count). The number of hydrogen-bond donors (Lipinski definition) is 0. The van der Waals surface area contributed by atoms with E-state index >= 15 is 0 Å². The van der Waals surface area contributed by atoms with Crippen LogP contribution in [-0.2, 0) is 51.4 Å². The molecule has 20 aromatic rings. The fraction of sp³-hybridized carbons (Fsp3) is 0.167. The van der Waals surface area contributed by atoms with Gasteiger partial charge in [-0.2, -0.15) is 0 Å². The first-order valence-corrected chi connectivity index (χ1v) is 37.3. The molecule has 0 aliphatic rings. The van der Waals surface area contributed by atoms with Crippen molar-refractivity contribution in [1.82, 2.24) is 39.9 Å². The summed E-state index contributed by atoms with van der Waals surface area (Å²) in [4.78, 5) is 38.8. The molecule has 8 aromatic heterocycles. The Labute approximate surface area is 604 Å². The van der Waals surface area contributed by atoms with Crippen molar-refractivity contribution in [3.05, 3.63) is 288 Å². The van der Waals surface area contributed by atoms with Crippen LogP contribution in [0, 0.1) is 0 Å². The van der Waals surface area contributed by atoms with Crippen molar-refractivity contribution in [3.63, 3.8) is 0 Å². The monoisotopic (exact) mass is 1340 g/mol. The van der Waals surface area contributed by atoms with Gasteiger partial charge in [-0.05, 0) is 161 Å². The summed E-state index contributed by atoms with van der Waals surface area (Å²) in [7, 11) is 0. The van der Waals surface area contributed by atoms with Crippen LogP contribution in [0.4, 0.5) is 0 Å². The summed E-state index contributed by atoms with van der Waals surface area (Å²) in [5, 5.41) is 29.9. The molecule has 0 atom stereocenters. The summed E-state index contributed by atoms with van der Waals surface area (Å²) in [6, 6.07) is 78.5. The van der Waals surface area contributed by atoms with Crippen LogP contribution in [0.25, 0.3) is 173 Å². The van der Waals surface area contributed by atoms with Crippen molar-refractivity contribution in [1.29, 1.82) is 0 Å². The van der Waals surface area contributed by atoms with Gasteiger partial charge >= 0.3 is 0 Å². The van der Waals surface area contributed by atoms with E-state index < -0.39 is 0 Å². The Morgan fingerprint density at radius 2 is 0.548 bits per heavy atom. The first-order chi connectivity index (χ1) is 51.2. The van der Waals surface area contributed by atoms with E-state index in [0.717, 1.165) is 113 Å². The van der Waals surface area contributed by atoms with Crippen LogP contribution < -0.4 is 0 Å². The van der Waals surface area contributed by atoms with Crippen LogP contribution >= 0.6 is 0 Å². The topological polar surface area (TPSA) is 103 Å². The van der Waals surface area contributed by atoms with E-state index in [-0.39, 0.29) is 0 Å². The highest BCUT2D eigenvalue weighted by atomic mass is 14.7. The van der Waals surface area contributed by atoms with Crippen LogP contribution in [-0.4, -0.2) is 39.9 Å². The van der Waals surface area contributed by atoms with E-state index in [4.69, 9.17) is 34.9 Å². The van der Waals surface area contributed by atoms with Gasteiger partial charge in [-0.1, -0.05) is 219 Å². The van der Waals surface area contributed by atoms with E-state index in [9.17, 15) is 0 Å². The molecular weight excluding hydrogens is 1270 g/mol. The lowest BCUT2D eigenvalue weighted by Crippen LogP contribution is -1.95. The minimum Gasteiger partial charge on any atom is -0.256 e. The van der Waals surface area contributed by atoms with Gasteiger partial charge in [0.15, 0.2) is 0 Å². The molecule has 0 spiro atoms. The number of rotatable bonds is 8. The maximum Gasteiger partial charge on any atom is 0.0786 e. The Morgan fingerprint density at radius 1 is 0.202 bits per heavy atom. The van der Waals surface area contributed by atoms with E-state index in [1.807, 2.05) is 36.9 Å². The first kappa shape index (κ1) is 65.3. The summed E-state index contributed by atoms with van der Waals surface area (Å²) in [6.07, 6.45) is 15.5. The molecular formula is C96H80N8. The summed E-state index contributed by atoms with van der Waals surface area (Å²) < 4.78 is 0. The number of pyridine rings is 8. The Hall–Kier alpha value is -12.0. The van der Waals surface area contributed by atoms with E-state index in [1.165, 1.54) is 157 Å². The standard InChI is InChI=1S/4C24H20N2/c1-3-15-7-10-19-22(14-15)26-20(4-2)18-11-8-16-9-12-21-17(6-5-13-25-21)23(16)24(18)19;1-3-15-7-11-19-21(14-15)26-20(4-2)18-12-10-16-8-9-17-6-5-13-25-24(17)22(16)23(18)19;1-3-15-9-11-18-22(13-15)26-20(4-2)19-14-25-21-12-10-16-7-5-6-8-17(16)24(21)23(18)19;1-3-15-9-10-19-22(13-15)26-20(4-2)18-11-12-21-24(23(18)19)17-8-6-5-7-16(17)14-25-21/h4*5-14H,3-4H2,1-2H3. The van der Waals surface area contributed by atoms with E-state index in [1.54, 1.807) is 0 Å². The average molecular weight is 1350 g/mol. The Bertz CT molecular complexity index is 6030. The molecule has 104 heavy (non-hydrogen) atoms. The molecule has 0 saturated heterocycles. The molecule has 0 fully saturated rings. The maximum absolute atomic E-state index is 5.00. The zero-order valence-electron chi connectivity index (χ0n) is 60.3. The predicted molar refractivity (Wildman–Crippen MR) is 443 cm³/mol. The molecule has 8 heterocycles. The van der Waals surface area contributed by atoms with Crippen molar-refractivity contribution < 1.29 is 0 Å². The van der Waals surface area contributed by atoms with Crippen molar-refractivity contribution in [3.8, 4) is 0 Å². The summed E-state index contributed by atoms with van der Waals surface area (Å²) in [6.45, 7) is 17.5. The number of aromatic nitrogens is 8. The van der Waals surface area contributed by atoms with E-state index in [2.05, 4.69) is 267 Å². The molecule has 0 bridgehead atoms. The molecule has 504 valence electrons. The second-order valence-corrected chi connectivity index (χ2v) is 27.4. The molecule has 8 nitrogen and oxygen atoms in total. The third-order valence-corrected chi connectivity index (χ3v) is 21.6. The molecule has 0 aliphatic heterocycles.